The van der Waals surface area contributed by atoms with Gasteiger partial charge in [-0.2, -0.15) is 0 Å². The molecule has 0 radical (unpaired) electrons. The Hall–Kier alpha value is -1.42. The lowest BCUT2D eigenvalue weighted by Crippen LogP contribution is -2.19. The third kappa shape index (κ3) is 3.32. The average Bonchev–Trinajstić information content (AvgIpc) is 2.17. The van der Waals surface area contributed by atoms with Gasteiger partial charge in [-0.1, -0.05) is 26.0 Å². The minimum absolute atomic E-state index is 0.0652. The van der Waals surface area contributed by atoms with Crippen molar-refractivity contribution in [3.63, 3.8) is 0 Å². The van der Waals surface area contributed by atoms with E-state index in [1.54, 1.807) is 12.1 Å². The van der Waals surface area contributed by atoms with Crippen LogP contribution >= 0.6 is 0 Å². The van der Waals surface area contributed by atoms with Gasteiger partial charge in [0.05, 0.1) is 4.92 Å². The van der Waals surface area contributed by atoms with E-state index in [2.05, 4.69) is 0 Å². The van der Waals surface area contributed by atoms with Crippen LogP contribution in [-0.2, 0) is 6.42 Å². The molecule has 15 heavy (non-hydrogen) atoms. The van der Waals surface area contributed by atoms with E-state index in [4.69, 9.17) is 5.11 Å². The van der Waals surface area contributed by atoms with Crippen molar-refractivity contribution < 1.29 is 10.0 Å². The molecular weight excluding hydrogens is 194 g/mol. The highest BCUT2D eigenvalue weighted by Gasteiger charge is 2.18. The molecule has 1 rings (SSSR count). The van der Waals surface area contributed by atoms with Gasteiger partial charge in [0.2, 0.25) is 0 Å². The first-order valence-corrected chi connectivity index (χ1v) is 4.79. The van der Waals surface area contributed by atoms with E-state index >= 15 is 0 Å². The third-order valence-corrected chi connectivity index (χ3v) is 2.23. The number of hydrogen-bond acceptors (Lipinski definition) is 3. The number of benzene rings is 1. The molecule has 0 amide bonds. The van der Waals surface area contributed by atoms with Crippen LogP contribution in [0.2, 0.25) is 0 Å². The number of nitrogens with zero attached hydrogens (tertiary/aromatic N) is 1. The maximum absolute atomic E-state index is 10.5. The molecule has 82 valence electrons. The second-order valence-corrected chi connectivity index (χ2v) is 4.43. The molecule has 0 unspecified atom stereocenters. The predicted octanol–water partition coefficient (Wildman–Crippen LogP) is 2.16. The first kappa shape index (κ1) is 11.7. The minimum Gasteiger partial charge on any atom is -0.396 e. The van der Waals surface area contributed by atoms with Gasteiger partial charge >= 0.3 is 0 Å². The number of aliphatic hydroxyl groups is 1. The summed E-state index contributed by atoms with van der Waals surface area (Å²) in [5, 5.41) is 19.6. The molecule has 0 saturated carbocycles. The van der Waals surface area contributed by atoms with Gasteiger partial charge in [-0.05, 0) is 17.4 Å². The zero-order valence-electron chi connectivity index (χ0n) is 8.93. The van der Waals surface area contributed by atoms with Crippen LogP contribution < -0.4 is 0 Å². The molecule has 0 saturated heterocycles. The molecule has 1 aromatic rings. The van der Waals surface area contributed by atoms with E-state index in [1.807, 2.05) is 19.9 Å². The summed E-state index contributed by atoms with van der Waals surface area (Å²) in [4.78, 5) is 10.1. The van der Waals surface area contributed by atoms with E-state index in [9.17, 15) is 10.1 Å². The lowest BCUT2D eigenvalue weighted by Gasteiger charge is -2.21. The molecule has 4 heteroatoms. The molecule has 4 nitrogen and oxygen atoms in total. The highest BCUT2D eigenvalue weighted by molar-refractivity contribution is 5.34. The Morgan fingerprint density at radius 2 is 2.13 bits per heavy atom. The summed E-state index contributed by atoms with van der Waals surface area (Å²) in [6, 6.07) is 6.53. The van der Waals surface area contributed by atoms with Crippen molar-refractivity contribution in [3.05, 3.63) is 39.9 Å². The van der Waals surface area contributed by atoms with Crippen LogP contribution in [0.25, 0.3) is 0 Å². The summed E-state index contributed by atoms with van der Waals surface area (Å²) in [5.41, 5.74) is 0.736. The standard InChI is InChI=1S/C11H15NO3/c1-11(2,8-13)7-9-4-3-5-10(6-9)12(14)15/h3-6,13H,7-8H2,1-2H3. The maximum Gasteiger partial charge on any atom is 0.269 e. The Kier molecular flexibility index (Phi) is 3.42. The minimum atomic E-state index is -0.407. The van der Waals surface area contributed by atoms with Gasteiger partial charge in [0.1, 0.15) is 0 Å². The average molecular weight is 209 g/mol. The fourth-order valence-corrected chi connectivity index (χ4v) is 1.39. The van der Waals surface area contributed by atoms with Gasteiger partial charge in [0, 0.05) is 18.7 Å². The number of non-ortho nitro benzene ring substituents is 1. The van der Waals surface area contributed by atoms with Gasteiger partial charge in [-0.3, -0.25) is 10.1 Å². The highest BCUT2D eigenvalue weighted by atomic mass is 16.6. The van der Waals surface area contributed by atoms with Crippen molar-refractivity contribution in [1.82, 2.24) is 0 Å². The summed E-state index contributed by atoms with van der Waals surface area (Å²) in [6.07, 6.45) is 0.630. The van der Waals surface area contributed by atoms with Gasteiger partial charge < -0.3 is 5.11 Å². The summed E-state index contributed by atoms with van der Waals surface area (Å²) >= 11 is 0. The van der Waals surface area contributed by atoms with Crippen LogP contribution in [0.15, 0.2) is 24.3 Å². The number of nitro benzene ring substituents is 1. The normalized spacial score (nSPS) is 11.4. The Labute approximate surface area is 88.7 Å². The highest BCUT2D eigenvalue weighted by Crippen LogP contribution is 2.23. The molecule has 0 aliphatic heterocycles. The molecule has 0 bridgehead atoms. The first-order valence-electron chi connectivity index (χ1n) is 4.79. The Morgan fingerprint density at radius 1 is 1.47 bits per heavy atom. The van der Waals surface area contributed by atoms with Crippen molar-refractivity contribution in [1.29, 1.82) is 0 Å². The van der Waals surface area contributed by atoms with Crippen LogP contribution in [0, 0.1) is 15.5 Å². The maximum atomic E-state index is 10.5. The predicted molar refractivity (Wildman–Crippen MR) is 57.7 cm³/mol. The van der Waals surface area contributed by atoms with E-state index in [-0.39, 0.29) is 17.7 Å². The molecular formula is C11H15NO3. The lowest BCUT2D eigenvalue weighted by molar-refractivity contribution is -0.384. The van der Waals surface area contributed by atoms with E-state index in [0.29, 0.717) is 6.42 Å². The monoisotopic (exact) mass is 209 g/mol. The fraction of sp³-hybridized carbons (Fsp3) is 0.455. The van der Waals surface area contributed by atoms with Crippen LogP contribution in [0.3, 0.4) is 0 Å². The Bertz CT molecular complexity index is 361. The van der Waals surface area contributed by atoms with Gasteiger partial charge in [-0.25, -0.2) is 0 Å². The molecule has 0 aliphatic carbocycles. The first-order chi connectivity index (χ1) is 6.94. The molecule has 1 N–H and O–H groups in total. The van der Waals surface area contributed by atoms with Crippen molar-refractivity contribution >= 4 is 5.69 Å². The molecule has 1 aromatic carbocycles. The second-order valence-electron chi connectivity index (χ2n) is 4.43. The summed E-state index contributed by atoms with van der Waals surface area (Å²) < 4.78 is 0. The summed E-state index contributed by atoms with van der Waals surface area (Å²) in [6.45, 7) is 3.91. The lowest BCUT2D eigenvalue weighted by atomic mass is 9.87. The smallest absolute Gasteiger partial charge is 0.269 e. The van der Waals surface area contributed by atoms with E-state index < -0.39 is 4.92 Å². The summed E-state index contributed by atoms with van der Waals surface area (Å²) in [7, 11) is 0. The molecule has 0 fully saturated rings. The summed E-state index contributed by atoms with van der Waals surface area (Å²) in [5.74, 6) is 0. The number of hydrogen-bond donors (Lipinski definition) is 1. The Balaban J connectivity index is 2.87. The molecule has 0 aromatic heterocycles. The number of aliphatic hydroxyl groups excluding tert-OH is 1. The quantitative estimate of drug-likeness (QED) is 0.610. The van der Waals surface area contributed by atoms with Gasteiger partial charge in [0.15, 0.2) is 0 Å². The molecule has 0 heterocycles. The van der Waals surface area contributed by atoms with Crippen LogP contribution in [0.4, 0.5) is 5.69 Å². The number of rotatable bonds is 4. The van der Waals surface area contributed by atoms with Crippen LogP contribution in [-0.4, -0.2) is 16.6 Å². The third-order valence-electron chi connectivity index (χ3n) is 2.23. The van der Waals surface area contributed by atoms with Crippen molar-refractivity contribution in [2.24, 2.45) is 5.41 Å². The van der Waals surface area contributed by atoms with Crippen LogP contribution in [0.1, 0.15) is 19.4 Å². The topological polar surface area (TPSA) is 63.4 Å². The van der Waals surface area contributed by atoms with E-state index in [0.717, 1.165) is 5.56 Å². The largest absolute Gasteiger partial charge is 0.396 e. The SMILES string of the molecule is CC(C)(CO)Cc1cccc([N+](=O)[O-])c1. The van der Waals surface area contributed by atoms with Gasteiger partial charge in [0.25, 0.3) is 5.69 Å². The zero-order valence-corrected chi connectivity index (χ0v) is 8.93. The Morgan fingerprint density at radius 3 is 2.67 bits per heavy atom. The van der Waals surface area contributed by atoms with Crippen molar-refractivity contribution in [3.8, 4) is 0 Å². The van der Waals surface area contributed by atoms with Crippen molar-refractivity contribution in [2.45, 2.75) is 20.3 Å². The van der Waals surface area contributed by atoms with E-state index in [1.165, 1.54) is 6.07 Å². The van der Waals surface area contributed by atoms with Crippen LogP contribution in [0.5, 0.6) is 0 Å². The zero-order chi connectivity index (χ0) is 11.5. The molecule has 0 atom stereocenters. The second kappa shape index (κ2) is 4.40. The molecule has 0 spiro atoms. The van der Waals surface area contributed by atoms with Crippen molar-refractivity contribution in [2.75, 3.05) is 6.61 Å². The molecule has 0 aliphatic rings. The number of nitro groups is 1. The fourth-order valence-electron chi connectivity index (χ4n) is 1.39. The van der Waals surface area contributed by atoms with Gasteiger partial charge in [-0.15, -0.1) is 0 Å².